The number of rotatable bonds is 15. The van der Waals surface area contributed by atoms with Crippen molar-refractivity contribution in [1.82, 2.24) is 16.0 Å². The third-order valence-corrected chi connectivity index (χ3v) is 4.80. The molecule has 0 saturated carbocycles. The van der Waals surface area contributed by atoms with E-state index in [1.807, 2.05) is 5.32 Å². The number of amides is 5. The van der Waals surface area contributed by atoms with E-state index in [1.165, 1.54) is 24.3 Å². The standard InChI is InChI=1S/C21H28N6O10/c22-11(6-15(23)29)18(33)25-13(8-17(31)32)20(35)26-12(7-16(24)30)19(34)27-14(21(36)37)5-9-1-3-10(28)4-2-9/h1-4,11-14,28H,5-8,22H2,(H2,23,29)(H2,24,30)(H,25,33)(H,26,35)(H,27,34)(H,31,32)(H,36,37). The van der Waals surface area contributed by atoms with Crippen LogP contribution in [-0.4, -0.2) is 81.0 Å². The van der Waals surface area contributed by atoms with E-state index in [4.69, 9.17) is 22.3 Å². The largest absolute Gasteiger partial charge is 0.508 e. The van der Waals surface area contributed by atoms with E-state index in [9.17, 15) is 43.8 Å². The molecule has 0 heterocycles. The minimum Gasteiger partial charge on any atom is -0.508 e. The summed E-state index contributed by atoms with van der Waals surface area (Å²) in [6.45, 7) is 0. The van der Waals surface area contributed by atoms with E-state index in [1.54, 1.807) is 0 Å². The van der Waals surface area contributed by atoms with E-state index in [-0.39, 0.29) is 12.2 Å². The van der Waals surface area contributed by atoms with Gasteiger partial charge in [0, 0.05) is 6.42 Å². The normalized spacial score (nSPS) is 13.8. The quantitative estimate of drug-likeness (QED) is 0.107. The molecule has 4 atom stereocenters. The maximum Gasteiger partial charge on any atom is 0.326 e. The molecule has 0 aliphatic carbocycles. The predicted molar refractivity (Wildman–Crippen MR) is 123 cm³/mol. The lowest BCUT2D eigenvalue weighted by molar-refractivity contribution is -0.143. The van der Waals surface area contributed by atoms with Crippen LogP contribution in [0, 0.1) is 0 Å². The Balaban J connectivity index is 3.04. The summed E-state index contributed by atoms with van der Waals surface area (Å²) in [5.74, 6) is -8.49. The van der Waals surface area contributed by atoms with Crippen LogP contribution in [0.15, 0.2) is 24.3 Å². The summed E-state index contributed by atoms with van der Waals surface area (Å²) < 4.78 is 0. The molecule has 12 N–H and O–H groups in total. The molecule has 4 unspecified atom stereocenters. The van der Waals surface area contributed by atoms with Gasteiger partial charge in [-0.1, -0.05) is 12.1 Å². The average Bonchev–Trinajstić information content (AvgIpc) is 2.77. The van der Waals surface area contributed by atoms with Gasteiger partial charge in [-0.15, -0.1) is 0 Å². The highest BCUT2D eigenvalue weighted by Gasteiger charge is 2.32. The number of carbonyl (C=O) groups is 7. The van der Waals surface area contributed by atoms with Gasteiger partial charge in [0.15, 0.2) is 0 Å². The second-order valence-electron chi connectivity index (χ2n) is 7.94. The van der Waals surface area contributed by atoms with Gasteiger partial charge in [0.1, 0.15) is 23.9 Å². The molecule has 16 heteroatoms. The van der Waals surface area contributed by atoms with E-state index < -0.39 is 84.9 Å². The summed E-state index contributed by atoms with van der Waals surface area (Å²) in [7, 11) is 0. The Kier molecular flexibility index (Phi) is 11.4. The molecule has 1 rings (SSSR count). The molecular formula is C21H28N6O10. The van der Waals surface area contributed by atoms with Crippen LogP contribution in [0.3, 0.4) is 0 Å². The zero-order chi connectivity index (χ0) is 28.3. The summed E-state index contributed by atoms with van der Waals surface area (Å²) >= 11 is 0. The summed E-state index contributed by atoms with van der Waals surface area (Å²) in [6, 6.07) is -1.10. The Bertz CT molecular complexity index is 1040. The number of carboxylic acids is 2. The number of carboxylic acid groups (broad SMARTS) is 2. The van der Waals surface area contributed by atoms with Crippen molar-refractivity contribution in [3.8, 4) is 5.75 Å². The lowest BCUT2D eigenvalue weighted by atomic mass is 10.0. The molecule has 0 aliphatic rings. The van der Waals surface area contributed by atoms with Crippen LogP contribution in [-0.2, 0) is 40.0 Å². The Hall–Kier alpha value is -4.73. The topological polar surface area (TPSA) is 294 Å². The SMILES string of the molecule is NC(=O)CC(N)C(=O)NC(CC(=O)O)C(=O)NC(CC(N)=O)C(=O)NC(Cc1ccc(O)cc1)C(=O)O. The number of primary amides is 2. The summed E-state index contributed by atoms with van der Waals surface area (Å²) in [5, 5.41) is 34.2. The maximum absolute atomic E-state index is 12.8. The highest BCUT2D eigenvalue weighted by Crippen LogP contribution is 2.12. The molecule has 0 aliphatic heterocycles. The number of hydrogen-bond donors (Lipinski definition) is 9. The van der Waals surface area contributed by atoms with Gasteiger partial charge in [-0.3, -0.25) is 28.8 Å². The first-order chi connectivity index (χ1) is 17.2. The van der Waals surface area contributed by atoms with Crippen molar-refractivity contribution < 1.29 is 48.9 Å². The summed E-state index contributed by atoms with van der Waals surface area (Å²) in [6.07, 6.45) is -2.59. The van der Waals surface area contributed by atoms with Gasteiger partial charge in [-0.25, -0.2) is 4.79 Å². The Morgan fingerprint density at radius 3 is 1.62 bits per heavy atom. The summed E-state index contributed by atoms with van der Waals surface area (Å²) in [5.41, 5.74) is 16.0. The van der Waals surface area contributed by atoms with Crippen LogP contribution < -0.4 is 33.2 Å². The van der Waals surface area contributed by atoms with Gasteiger partial charge < -0.3 is 48.5 Å². The molecule has 1 aromatic rings. The number of benzene rings is 1. The molecule has 0 saturated heterocycles. The maximum atomic E-state index is 12.8. The number of phenolic OH excluding ortho intramolecular Hbond substituents is 1. The van der Waals surface area contributed by atoms with E-state index >= 15 is 0 Å². The van der Waals surface area contributed by atoms with Gasteiger partial charge in [0.2, 0.25) is 29.5 Å². The van der Waals surface area contributed by atoms with Gasteiger partial charge in [-0.05, 0) is 17.7 Å². The number of hydrogen-bond acceptors (Lipinski definition) is 9. The monoisotopic (exact) mass is 524 g/mol. The van der Waals surface area contributed by atoms with Crippen molar-refractivity contribution in [1.29, 1.82) is 0 Å². The van der Waals surface area contributed by atoms with Crippen molar-refractivity contribution in [3.05, 3.63) is 29.8 Å². The lowest BCUT2D eigenvalue weighted by Gasteiger charge is -2.24. The van der Waals surface area contributed by atoms with Crippen molar-refractivity contribution in [2.45, 2.75) is 49.9 Å². The first-order valence-corrected chi connectivity index (χ1v) is 10.6. The predicted octanol–water partition coefficient (Wildman–Crippen LogP) is -3.97. The fourth-order valence-corrected chi connectivity index (χ4v) is 2.99. The number of nitrogens with two attached hydrogens (primary N) is 3. The van der Waals surface area contributed by atoms with E-state index in [0.29, 0.717) is 5.56 Å². The fourth-order valence-electron chi connectivity index (χ4n) is 2.99. The molecular weight excluding hydrogens is 496 g/mol. The highest BCUT2D eigenvalue weighted by atomic mass is 16.4. The number of aliphatic carboxylic acids is 2. The lowest BCUT2D eigenvalue weighted by Crippen LogP contribution is -2.58. The Morgan fingerprint density at radius 2 is 1.16 bits per heavy atom. The van der Waals surface area contributed by atoms with Crippen LogP contribution >= 0.6 is 0 Å². The molecule has 5 amide bonds. The van der Waals surface area contributed by atoms with Crippen molar-refractivity contribution in [2.24, 2.45) is 17.2 Å². The molecule has 0 bridgehead atoms. The van der Waals surface area contributed by atoms with Crippen LogP contribution in [0.1, 0.15) is 24.8 Å². The molecule has 0 fully saturated rings. The van der Waals surface area contributed by atoms with Crippen molar-refractivity contribution >= 4 is 41.5 Å². The first-order valence-electron chi connectivity index (χ1n) is 10.6. The van der Waals surface area contributed by atoms with E-state index in [0.717, 1.165) is 0 Å². The van der Waals surface area contributed by atoms with Gasteiger partial charge in [0.05, 0.1) is 25.3 Å². The Morgan fingerprint density at radius 1 is 0.703 bits per heavy atom. The second-order valence-corrected chi connectivity index (χ2v) is 7.94. The molecule has 0 spiro atoms. The van der Waals surface area contributed by atoms with Crippen molar-refractivity contribution in [2.75, 3.05) is 0 Å². The minimum atomic E-state index is -1.79. The number of phenols is 1. The van der Waals surface area contributed by atoms with Crippen LogP contribution in [0.25, 0.3) is 0 Å². The van der Waals surface area contributed by atoms with E-state index in [2.05, 4.69) is 10.6 Å². The minimum absolute atomic E-state index is 0.0671. The van der Waals surface area contributed by atoms with Crippen LogP contribution in [0.4, 0.5) is 0 Å². The molecule has 0 aromatic heterocycles. The smallest absolute Gasteiger partial charge is 0.326 e. The second kappa shape index (κ2) is 14.0. The van der Waals surface area contributed by atoms with Crippen LogP contribution in [0.2, 0.25) is 0 Å². The number of carbonyl (C=O) groups excluding carboxylic acids is 5. The molecule has 16 nitrogen and oxygen atoms in total. The zero-order valence-electron chi connectivity index (χ0n) is 19.4. The van der Waals surface area contributed by atoms with Gasteiger partial charge in [-0.2, -0.15) is 0 Å². The van der Waals surface area contributed by atoms with Gasteiger partial charge in [0.25, 0.3) is 0 Å². The number of nitrogens with one attached hydrogen (secondary N) is 3. The van der Waals surface area contributed by atoms with Gasteiger partial charge >= 0.3 is 11.9 Å². The molecule has 0 radical (unpaired) electrons. The Labute approximate surface area is 209 Å². The highest BCUT2D eigenvalue weighted by molar-refractivity contribution is 5.97. The third-order valence-electron chi connectivity index (χ3n) is 4.80. The zero-order valence-corrected chi connectivity index (χ0v) is 19.4. The fraction of sp³-hybridized carbons (Fsp3) is 0.381. The molecule has 202 valence electrons. The van der Waals surface area contributed by atoms with Crippen LogP contribution in [0.5, 0.6) is 5.75 Å². The molecule has 1 aromatic carbocycles. The summed E-state index contributed by atoms with van der Waals surface area (Å²) in [4.78, 5) is 82.9. The molecule has 37 heavy (non-hydrogen) atoms. The van der Waals surface area contributed by atoms with Crippen molar-refractivity contribution in [3.63, 3.8) is 0 Å². The third kappa shape index (κ3) is 11.0. The average molecular weight is 524 g/mol. The number of aromatic hydroxyl groups is 1. The first kappa shape index (κ1) is 30.3.